The number of halogens is 1. The van der Waals surface area contributed by atoms with Gasteiger partial charge in [0.15, 0.2) is 0 Å². The highest BCUT2D eigenvalue weighted by Crippen LogP contribution is 2.27. The summed E-state index contributed by atoms with van der Waals surface area (Å²) in [6.07, 6.45) is 3.31. The standard InChI is InChI=1S/C11H18N2OS.ClH/c1-12-5-2-11-13-10(8-15-11)9-3-6-14-7-4-9;/h8-9,12H,2-7H2,1H3;1H. The molecular formula is C11H19ClN2OS. The summed E-state index contributed by atoms with van der Waals surface area (Å²) in [7, 11) is 1.98. The molecule has 92 valence electrons. The van der Waals surface area contributed by atoms with Gasteiger partial charge in [-0.05, 0) is 19.9 Å². The van der Waals surface area contributed by atoms with E-state index in [4.69, 9.17) is 9.72 Å². The number of ether oxygens (including phenoxy) is 1. The third kappa shape index (κ3) is 3.70. The number of aromatic nitrogens is 1. The molecule has 0 bridgehead atoms. The smallest absolute Gasteiger partial charge is 0.0941 e. The van der Waals surface area contributed by atoms with Gasteiger partial charge < -0.3 is 10.1 Å². The van der Waals surface area contributed by atoms with Gasteiger partial charge >= 0.3 is 0 Å². The molecule has 0 unspecified atom stereocenters. The second-order valence-electron chi connectivity index (χ2n) is 3.91. The van der Waals surface area contributed by atoms with Crippen LogP contribution in [0.25, 0.3) is 0 Å². The van der Waals surface area contributed by atoms with Crippen LogP contribution in [0.5, 0.6) is 0 Å². The van der Waals surface area contributed by atoms with Gasteiger partial charge in [0.1, 0.15) is 0 Å². The first-order valence-corrected chi connectivity index (χ1v) is 6.44. The lowest BCUT2D eigenvalue weighted by Crippen LogP contribution is -2.14. The fraction of sp³-hybridized carbons (Fsp3) is 0.727. The Hall–Kier alpha value is -0.160. The number of nitrogens with one attached hydrogen (secondary N) is 1. The van der Waals surface area contributed by atoms with Crippen molar-refractivity contribution in [2.24, 2.45) is 0 Å². The molecule has 3 nitrogen and oxygen atoms in total. The van der Waals surface area contributed by atoms with Crippen molar-refractivity contribution in [3.8, 4) is 0 Å². The maximum Gasteiger partial charge on any atom is 0.0941 e. The van der Waals surface area contributed by atoms with Crippen molar-refractivity contribution in [2.45, 2.75) is 25.2 Å². The first-order chi connectivity index (χ1) is 7.40. The molecule has 16 heavy (non-hydrogen) atoms. The second-order valence-corrected chi connectivity index (χ2v) is 4.85. The molecule has 1 aromatic heterocycles. The predicted octanol–water partition coefficient (Wildman–Crippen LogP) is 2.22. The normalized spacial score (nSPS) is 17.1. The van der Waals surface area contributed by atoms with E-state index in [2.05, 4.69) is 10.7 Å². The van der Waals surface area contributed by atoms with E-state index in [0.29, 0.717) is 5.92 Å². The molecule has 2 heterocycles. The lowest BCUT2D eigenvalue weighted by atomic mass is 9.98. The average molecular weight is 263 g/mol. The fourth-order valence-corrected chi connectivity index (χ4v) is 2.73. The maximum absolute atomic E-state index is 5.36. The topological polar surface area (TPSA) is 34.2 Å². The molecule has 1 saturated heterocycles. The largest absolute Gasteiger partial charge is 0.381 e. The van der Waals surface area contributed by atoms with E-state index in [9.17, 15) is 0 Å². The van der Waals surface area contributed by atoms with Crippen molar-refractivity contribution < 1.29 is 4.74 Å². The Balaban J connectivity index is 0.00000128. The number of nitrogens with zero attached hydrogens (tertiary/aromatic N) is 1. The van der Waals surface area contributed by atoms with E-state index >= 15 is 0 Å². The SMILES string of the molecule is CNCCc1nc(C2CCOCC2)cs1.Cl. The van der Waals surface area contributed by atoms with Crippen molar-refractivity contribution in [3.63, 3.8) is 0 Å². The number of likely N-dealkylation sites (N-methyl/N-ethyl adjacent to an activating group) is 1. The van der Waals surface area contributed by atoms with E-state index in [1.165, 1.54) is 10.7 Å². The molecular weight excluding hydrogens is 244 g/mol. The molecule has 0 amide bonds. The summed E-state index contributed by atoms with van der Waals surface area (Å²) in [6, 6.07) is 0. The fourth-order valence-electron chi connectivity index (χ4n) is 1.85. The summed E-state index contributed by atoms with van der Waals surface area (Å²) in [4.78, 5) is 4.69. The van der Waals surface area contributed by atoms with Gasteiger partial charge in [-0.2, -0.15) is 0 Å². The molecule has 1 N–H and O–H groups in total. The van der Waals surface area contributed by atoms with Gasteiger partial charge in [-0.25, -0.2) is 4.98 Å². The lowest BCUT2D eigenvalue weighted by molar-refractivity contribution is 0.0846. The minimum Gasteiger partial charge on any atom is -0.381 e. The summed E-state index contributed by atoms with van der Waals surface area (Å²) in [5, 5.41) is 6.63. The van der Waals surface area contributed by atoms with Gasteiger partial charge in [0.05, 0.1) is 10.7 Å². The molecule has 0 aromatic carbocycles. The van der Waals surface area contributed by atoms with E-state index in [0.717, 1.165) is 39.0 Å². The predicted molar refractivity (Wildman–Crippen MR) is 69.8 cm³/mol. The molecule has 0 aliphatic carbocycles. The van der Waals surface area contributed by atoms with E-state index < -0.39 is 0 Å². The average Bonchev–Trinajstić information content (AvgIpc) is 2.76. The Bertz CT molecular complexity index is 300. The van der Waals surface area contributed by atoms with Crippen LogP contribution in [0.4, 0.5) is 0 Å². The van der Waals surface area contributed by atoms with Gasteiger partial charge in [-0.15, -0.1) is 23.7 Å². The van der Waals surface area contributed by atoms with Crippen LogP contribution in [0.15, 0.2) is 5.38 Å². The van der Waals surface area contributed by atoms with E-state index in [1.807, 2.05) is 7.05 Å². The molecule has 2 rings (SSSR count). The van der Waals surface area contributed by atoms with Crippen molar-refractivity contribution in [3.05, 3.63) is 16.1 Å². The molecule has 1 fully saturated rings. The Morgan fingerprint density at radius 1 is 1.50 bits per heavy atom. The zero-order chi connectivity index (χ0) is 10.5. The quantitative estimate of drug-likeness (QED) is 0.904. The first-order valence-electron chi connectivity index (χ1n) is 5.57. The van der Waals surface area contributed by atoms with Gasteiger partial charge in [0, 0.05) is 37.5 Å². The molecule has 0 atom stereocenters. The number of thiazole rings is 1. The van der Waals surface area contributed by atoms with Crippen molar-refractivity contribution >= 4 is 23.7 Å². The number of hydrogen-bond acceptors (Lipinski definition) is 4. The molecule has 0 spiro atoms. The third-order valence-corrected chi connectivity index (χ3v) is 3.72. The Morgan fingerprint density at radius 2 is 2.25 bits per heavy atom. The van der Waals surface area contributed by atoms with Crippen LogP contribution in [0.3, 0.4) is 0 Å². The zero-order valence-corrected chi connectivity index (χ0v) is 11.2. The highest BCUT2D eigenvalue weighted by molar-refractivity contribution is 7.09. The zero-order valence-electron chi connectivity index (χ0n) is 9.57. The Labute approximate surface area is 107 Å². The van der Waals surface area contributed by atoms with Crippen molar-refractivity contribution in [1.29, 1.82) is 0 Å². The third-order valence-electron chi connectivity index (χ3n) is 2.80. The van der Waals surface area contributed by atoms with Crippen LogP contribution in [0, 0.1) is 0 Å². The van der Waals surface area contributed by atoms with Crippen LogP contribution in [-0.2, 0) is 11.2 Å². The lowest BCUT2D eigenvalue weighted by Gasteiger charge is -2.19. The van der Waals surface area contributed by atoms with Gasteiger partial charge in [-0.1, -0.05) is 0 Å². The van der Waals surface area contributed by atoms with Gasteiger partial charge in [-0.3, -0.25) is 0 Å². The van der Waals surface area contributed by atoms with Crippen LogP contribution in [0.2, 0.25) is 0 Å². The summed E-state index contributed by atoms with van der Waals surface area (Å²) < 4.78 is 5.36. The monoisotopic (exact) mass is 262 g/mol. The molecule has 1 aliphatic rings. The second kappa shape index (κ2) is 7.22. The summed E-state index contributed by atoms with van der Waals surface area (Å²) in [6.45, 7) is 2.81. The molecule has 0 saturated carbocycles. The summed E-state index contributed by atoms with van der Waals surface area (Å²) in [5.74, 6) is 0.637. The molecule has 1 aliphatic heterocycles. The van der Waals surface area contributed by atoms with Crippen molar-refractivity contribution in [2.75, 3.05) is 26.8 Å². The van der Waals surface area contributed by atoms with Crippen LogP contribution in [-0.4, -0.2) is 31.8 Å². The Morgan fingerprint density at radius 3 is 2.94 bits per heavy atom. The minimum atomic E-state index is 0. The van der Waals surface area contributed by atoms with E-state index in [1.54, 1.807) is 11.3 Å². The summed E-state index contributed by atoms with van der Waals surface area (Å²) >= 11 is 1.79. The highest BCUT2D eigenvalue weighted by atomic mass is 35.5. The van der Waals surface area contributed by atoms with Crippen LogP contribution >= 0.6 is 23.7 Å². The maximum atomic E-state index is 5.36. The van der Waals surface area contributed by atoms with Crippen LogP contribution in [0.1, 0.15) is 29.5 Å². The minimum absolute atomic E-state index is 0. The number of hydrogen-bond donors (Lipinski definition) is 1. The number of rotatable bonds is 4. The molecule has 1 aromatic rings. The van der Waals surface area contributed by atoms with Crippen LogP contribution < -0.4 is 5.32 Å². The molecule has 5 heteroatoms. The highest BCUT2D eigenvalue weighted by Gasteiger charge is 2.18. The molecule has 0 radical (unpaired) electrons. The summed E-state index contributed by atoms with van der Waals surface area (Å²) in [5.41, 5.74) is 1.29. The van der Waals surface area contributed by atoms with Crippen molar-refractivity contribution in [1.82, 2.24) is 10.3 Å². The van der Waals surface area contributed by atoms with Gasteiger partial charge in [0.25, 0.3) is 0 Å². The first kappa shape index (κ1) is 13.9. The van der Waals surface area contributed by atoms with E-state index in [-0.39, 0.29) is 12.4 Å². The van der Waals surface area contributed by atoms with Gasteiger partial charge in [0.2, 0.25) is 0 Å². The Kier molecular flexibility index (Phi) is 6.28.